The maximum atomic E-state index is 13.5. The first-order valence-electron chi connectivity index (χ1n) is 14.6. The molecule has 2 aromatic heterocycles. The van der Waals surface area contributed by atoms with Gasteiger partial charge >= 0.3 is 0 Å². The standard InChI is InChI=1S/C33H32N6O6/c1-43-27-8-4-21-5-9-30(40)38-26-18-39(33(42)24-16-36-32(37-17-24)23-10-12-34-13-11-23)19-29(26)45-25-6-2-22(3-7-25)15-35-31(41)20-44-28(27)14-21/h2-4,6-8,10-14,16-17,26,29H,5,9,15,18-20H2,1H3,(H,35,41)(H,38,40)/t26-,29-/m0/s1. The lowest BCUT2D eigenvalue weighted by Crippen LogP contribution is -2.45. The number of hydrogen-bond acceptors (Lipinski definition) is 9. The molecule has 0 spiro atoms. The summed E-state index contributed by atoms with van der Waals surface area (Å²) in [5.74, 6) is 1.27. The molecule has 12 heteroatoms. The second-order valence-electron chi connectivity index (χ2n) is 10.8. The zero-order valence-corrected chi connectivity index (χ0v) is 24.6. The second kappa shape index (κ2) is 13.4. The second-order valence-corrected chi connectivity index (χ2v) is 10.8. The summed E-state index contributed by atoms with van der Waals surface area (Å²) in [7, 11) is 1.53. The molecule has 0 aliphatic carbocycles. The number of carbonyl (C=O) groups is 3. The van der Waals surface area contributed by atoms with Crippen LogP contribution in [0.2, 0.25) is 0 Å². The number of ether oxygens (including phenoxy) is 3. The summed E-state index contributed by atoms with van der Waals surface area (Å²) in [6.45, 7) is 0.645. The number of methoxy groups -OCH3 is 1. The van der Waals surface area contributed by atoms with Gasteiger partial charge in [0.15, 0.2) is 23.9 Å². The van der Waals surface area contributed by atoms with Crippen molar-refractivity contribution in [2.75, 3.05) is 26.8 Å². The third-order valence-corrected chi connectivity index (χ3v) is 7.67. The van der Waals surface area contributed by atoms with Crippen molar-refractivity contribution in [2.24, 2.45) is 0 Å². The molecule has 12 nitrogen and oxygen atoms in total. The smallest absolute Gasteiger partial charge is 0.258 e. The van der Waals surface area contributed by atoms with E-state index in [9.17, 15) is 14.4 Å². The highest BCUT2D eigenvalue weighted by Crippen LogP contribution is 2.29. The fraction of sp³-hybridized carbons (Fsp3) is 0.273. The van der Waals surface area contributed by atoms with Gasteiger partial charge < -0.3 is 29.7 Å². The minimum atomic E-state index is -0.497. The maximum Gasteiger partial charge on any atom is 0.258 e. The molecule has 5 heterocycles. The molecular weight excluding hydrogens is 576 g/mol. The van der Waals surface area contributed by atoms with Gasteiger partial charge in [0, 0.05) is 49.9 Å². The van der Waals surface area contributed by atoms with E-state index >= 15 is 0 Å². The van der Waals surface area contributed by atoms with Crippen LogP contribution in [0.4, 0.5) is 0 Å². The van der Waals surface area contributed by atoms with Gasteiger partial charge in [-0.15, -0.1) is 0 Å². The van der Waals surface area contributed by atoms with Crippen LogP contribution in [0.1, 0.15) is 27.9 Å². The summed E-state index contributed by atoms with van der Waals surface area (Å²) in [6, 6.07) is 15.8. The monoisotopic (exact) mass is 608 g/mol. The van der Waals surface area contributed by atoms with E-state index < -0.39 is 12.1 Å². The van der Waals surface area contributed by atoms with Crippen LogP contribution >= 0.6 is 0 Å². The summed E-state index contributed by atoms with van der Waals surface area (Å²) in [4.78, 5) is 53.5. The number of nitrogens with zero attached hydrogens (tertiary/aromatic N) is 4. The minimum Gasteiger partial charge on any atom is -0.493 e. The van der Waals surface area contributed by atoms with Crippen LogP contribution in [0.5, 0.6) is 17.2 Å². The van der Waals surface area contributed by atoms with Crippen LogP contribution in [0.25, 0.3) is 11.4 Å². The molecule has 0 unspecified atom stereocenters. The Morgan fingerprint density at radius 2 is 1.69 bits per heavy atom. The number of fused-ring (bicyclic) bond motifs is 9. The van der Waals surface area contributed by atoms with Gasteiger partial charge in [0.1, 0.15) is 11.9 Å². The topological polar surface area (TPSA) is 145 Å². The molecule has 3 amide bonds. The predicted molar refractivity (Wildman–Crippen MR) is 163 cm³/mol. The van der Waals surface area contributed by atoms with Gasteiger partial charge in [-0.25, -0.2) is 9.97 Å². The Balaban J connectivity index is 1.21. The fourth-order valence-electron chi connectivity index (χ4n) is 5.25. The molecule has 45 heavy (non-hydrogen) atoms. The molecule has 2 aromatic carbocycles. The molecule has 230 valence electrons. The Labute approximate surface area is 259 Å². The van der Waals surface area contributed by atoms with E-state index in [0.717, 1.165) is 16.7 Å². The summed E-state index contributed by atoms with van der Waals surface area (Å²) in [5.41, 5.74) is 2.86. The SMILES string of the molecule is COc1ccc2cc1OCC(=O)NCc1ccc(cc1)O[C@H]1CN(C(=O)c3cnc(-c4ccncc4)nc3)C[C@@H]1NC(=O)CC2. The molecule has 3 aliphatic heterocycles. The Hall–Kier alpha value is -5.52. The fourth-order valence-corrected chi connectivity index (χ4v) is 5.25. The van der Waals surface area contributed by atoms with E-state index in [1.54, 1.807) is 53.7 Å². The van der Waals surface area contributed by atoms with E-state index in [0.29, 0.717) is 41.6 Å². The number of nitrogens with one attached hydrogen (secondary N) is 2. The number of hydrogen-bond donors (Lipinski definition) is 2. The number of pyridine rings is 1. The van der Waals surface area contributed by atoms with Crippen molar-refractivity contribution in [1.82, 2.24) is 30.5 Å². The zero-order valence-electron chi connectivity index (χ0n) is 24.6. The van der Waals surface area contributed by atoms with Crippen molar-refractivity contribution >= 4 is 17.7 Å². The van der Waals surface area contributed by atoms with Crippen LogP contribution in [0.3, 0.4) is 0 Å². The van der Waals surface area contributed by atoms with E-state index in [-0.39, 0.29) is 43.8 Å². The van der Waals surface area contributed by atoms with Crippen molar-refractivity contribution in [3.8, 4) is 28.6 Å². The third-order valence-electron chi connectivity index (χ3n) is 7.67. The van der Waals surface area contributed by atoms with E-state index in [2.05, 4.69) is 25.6 Å². The highest BCUT2D eigenvalue weighted by molar-refractivity contribution is 5.94. The van der Waals surface area contributed by atoms with Crippen molar-refractivity contribution in [3.63, 3.8) is 0 Å². The molecule has 3 aliphatic rings. The molecule has 0 radical (unpaired) electrons. The van der Waals surface area contributed by atoms with Crippen molar-refractivity contribution in [3.05, 3.63) is 96.1 Å². The molecule has 2 atom stereocenters. The zero-order chi connectivity index (χ0) is 31.2. The van der Waals surface area contributed by atoms with Crippen LogP contribution in [0, 0.1) is 0 Å². The lowest BCUT2D eigenvalue weighted by atomic mass is 10.1. The number of amides is 3. The van der Waals surface area contributed by atoms with Crippen molar-refractivity contribution < 1.29 is 28.6 Å². The normalized spacial score (nSPS) is 18.6. The number of aromatic nitrogens is 3. The van der Waals surface area contributed by atoms with E-state index in [4.69, 9.17) is 14.2 Å². The highest BCUT2D eigenvalue weighted by atomic mass is 16.5. The molecule has 4 bridgehead atoms. The largest absolute Gasteiger partial charge is 0.493 e. The minimum absolute atomic E-state index is 0.179. The van der Waals surface area contributed by atoms with Crippen molar-refractivity contribution in [1.29, 1.82) is 0 Å². The first-order valence-corrected chi connectivity index (χ1v) is 14.6. The van der Waals surface area contributed by atoms with Gasteiger partial charge in [-0.1, -0.05) is 18.2 Å². The van der Waals surface area contributed by atoms with Gasteiger partial charge in [0.05, 0.1) is 25.3 Å². The van der Waals surface area contributed by atoms with Gasteiger partial charge in [-0.3, -0.25) is 19.4 Å². The molecule has 7 rings (SSSR count). The molecule has 1 saturated heterocycles. The highest BCUT2D eigenvalue weighted by Gasteiger charge is 2.38. The Morgan fingerprint density at radius 1 is 0.933 bits per heavy atom. The lowest BCUT2D eigenvalue weighted by molar-refractivity contribution is -0.123. The molecule has 0 saturated carbocycles. The van der Waals surface area contributed by atoms with Crippen LogP contribution in [-0.2, 0) is 22.6 Å². The average Bonchev–Trinajstić information content (AvgIpc) is 3.47. The number of rotatable bonds is 3. The average molecular weight is 609 g/mol. The Morgan fingerprint density at radius 3 is 2.44 bits per heavy atom. The quantitative estimate of drug-likeness (QED) is 0.359. The Bertz CT molecular complexity index is 1670. The molecule has 2 N–H and O–H groups in total. The summed E-state index contributed by atoms with van der Waals surface area (Å²) in [5, 5.41) is 5.93. The third kappa shape index (κ3) is 7.18. The Kier molecular flexibility index (Phi) is 8.81. The molecule has 1 fully saturated rings. The van der Waals surface area contributed by atoms with Crippen LogP contribution in [-0.4, -0.2) is 76.5 Å². The summed E-state index contributed by atoms with van der Waals surface area (Å²) in [6.07, 6.45) is 6.45. The summed E-state index contributed by atoms with van der Waals surface area (Å²) >= 11 is 0. The van der Waals surface area contributed by atoms with E-state index in [1.165, 1.54) is 19.5 Å². The number of likely N-dealkylation sites (tertiary alicyclic amines) is 1. The van der Waals surface area contributed by atoms with E-state index in [1.807, 2.05) is 18.2 Å². The molecular formula is C33H32N6O6. The lowest BCUT2D eigenvalue weighted by Gasteiger charge is -2.21. The summed E-state index contributed by atoms with van der Waals surface area (Å²) < 4.78 is 17.5. The molecule has 4 aromatic rings. The van der Waals surface area contributed by atoms with Gasteiger partial charge in [0.2, 0.25) is 5.91 Å². The number of benzene rings is 2. The van der Waals surface area contributed by atoms with Crippen molar-refractivity contribution in [2.45, 2.75) is 31.5 Å². The van der Waals surface area contributed by atoms with Gasteiger partial charge in [-0.2, -0.15) is 0 Å². The first-order chi connectivity index (χ1) is 21.9. The maximum absolute atomic E-state index is 13.5. The van der Waals surface area contributed by atoms with Gasteiger partial charge in [0.25, 0.3) is 11.8 Å². The van der Waals surface area contributed by atoms with Crippen LogP contribution < -0.4 is 24.8 Å². The van der Waals surface area contributed by atoms with Gasteiger partial charge in [-0.05, 0) is 53.9 Å². The number of carbonyl (C=O) groups excluding carboxylic acids is 3. The number of aryl methyl sites for hydroxylation is 1. The predicted octanol–water partition coefficient (Wildman–Crippen LogP) is 2.58. The van der Waals surface area contributed by atoms with Crippen LogP contribution in [0.15, 0.2) is 79.4 Å². The first kappa shape index (κ1) is 29.5.